The second kappa shape index (κ2) is 6.91. The fourth-order valence-corrected chi connectivity index (χ4v) is 2.65. The molecular formula is C16H26N2. The van der Waals surface area contributed by atoms with E-state index in [0.717, 1.165) is 13.1 Å². The molecule has 0 saturated carbocycles. The van der Waals surface area contributed by atoms with Crippen LogP contribution in [-0.2, 0) is 19.4 Å². The third-order valence-corrected chi connectivity index (χ3v) is 3.70. The molecule has 1 aromatic carbocycles. The summed E-state index contributed by atoms with van der Waals surface area (Å²) in [7, 11) is 4.27. The molecule has 100 valence electrons. The van der Waals surface area contributed by atoms with Crippen molar-refractivity contribution in [1.82, 2.24) is 10.2 Å². The van der Waals surface area contributed by atoms with Crippen LogP contribution in [0.25, 0.3) is 0 Å². The molecule has 2 heteroatoms. The predicted octanol–water partition coefficient (Wildman–Crippen LogP) is 2.61. The van der Waals surface area contributed by atoms with E-state index in [1.54, 1.807) is 11.1 Å². The summed E-state index contributed by atoms with van der Waals surface area (Å²) in [5, 5.41) is 3.55. The molecule has 1 aliphatic rings. The Morgan fingerprint density at radius 1 is 1.11 bits per heavy atom. The highest BCUT2D eigenvalue weighted by atomic mass is 15.0. The highest BCUT2D eigenvalue weighted by Crippen LogP contribution is 2.22. The van der Waals surface area contributed by atoms with E-state index in [0.29, 0.717) is 0 Å². The lowest BCUT2D eigenvalue weighted by atomic mass is 10.1. The van der Waals surface area contributed by atoms with Crippen molar-refractivity contribution in [3.05, 3.63) is 34.9 Å². The number of nitrogens with one attached hydrogen (secondary N) is 1. The first-order chi connectivity index (χ1) is 8.75. The summed E-state index contributed by atoms with van der Waals surface area (Å²) in [5.74, 6) is 0. The Hall–Kier alpha value is -0.860. The first-order valence-electron chi connectivity index (χ1n) is 7.22. The van der Waals surface area contributed by atoms with Crippen LogP contribution in [0, 0.1) is 0 Å². The van der Waals surface area contributed by atoms with Crippen LogP contribution in [0.3, 0.4) is 0 Å². The van der Waals surface area contributed by atoms with Crippen LogP contribution in [0.15, 0.2) is 18.2 Å². The molecule has 2 rings (SSSR count). The zero-order valence-electron chi connectivity index (χ0n) is 11.8. The number of aryl methyl sites for hydroxylation is 2. The minimum atomic E-state index is 1.02. The summed E-state index contributed by atoms with van der Waals surface area (Å²) in [6.07, 6.45) is 6.46. The highest BCUT2D eigenvalue weighted by Gasteiger charge is 2.10. The minimum absolute atomic E-state index is 1.02. The minimum Gasteiger partial charge on any atom is -0.313 e. The maximum absolute atomic E-state index is 3.55. The van der Waals surface area contributed by atoms with Crippen molar-refractivity contribution in [2.75, 3.05) is 27.2 Å². The molecule has 2 nitrogen and oxygen atoms in total. The van der Waals surface area contributed by atoms with Crippen LogP contribution in [0.4, 0.5) is 0 Å². The Kier molecular flexibility index (Phi) is 5.21. The van der Waals surface area contributed by atoms with Gasteiger partial charge in [0.15, 0.2) is 0 Å². The molecule has 0 heterocycles. The standard InChI is InChI=1S/C16H26N2/c1-18(2)11-4-3-10-17-13-14-8-9-15-6-5-7-16(15)12-14/h8-9,12,17H,3-7,10-11,13H2,1-2H3. The first kappa shape index (κ1) is 13.6. The summed E-state index contributed by atoms with van der Waals surface area (Å²) >= 11 is 0. The highest BCUT2D eigenvalue weighted by molar-refractivity contribution is 5.35. The van der Waals surface area contributed by atoms with Crippen molar-refractivity contribution in [3.63, 3.8) is 0 Å². The Morgan fingerprint density at radius 2 is 1.94 bits per heavy atom. The number of fused-ring (bicyclic) bond motifs is 1. The van der Waals surface area contributed by atoms with Gasteiger partial charge in [-0.1, -0.05) is 18.2 Å². The maximum Gasteiger partial charge on any atom is 0.0205 e. The van der Waals surface area contributed by atoms with Crippen LogP contribution < -0.4 is 5.32 Å². The molecule has 1 aliphatic carbocycles. The summed E-state index contributed by atoms with van der Waals surface area (Å²) in [6, 6.07) is 7.01. The van der Waals surface area contributed by atoms with Crippen LogP contribution in [0.1, 0.15) is 36.0 Å². The van der Waals surface area contributed by atoms with Gasteiger partial charge < -0.3 is 10.2 Å². The fourth-order valence-electron chi connectivity index (χ4n) is 2.65. The van der Waals surface area contributed by atoms with Crippen molar-refractivity contribution in [3.8, 4) is 0 Å². The van der Waals surface area contributed by atoms with Crippen LogP contribution in [0.5, 0.6) is 0 Å². The van der Waals surface area contributed by atoms with Gasteiger partial charge in [0, 0.05) is 6.54 Å². The van der Waals surface area contributed by atoms with Gasteiger partial charge in [0.2, 0.25) is 0 Å². The number of nitrogens with zero attached hydrogens (tertiary/aromatic N) is 1. The lowest BCUT2D eigenvalue weighted by Gasteiger charge is -2.10. The topological polar surface area (TPSA) is 15.3 Å². The van der Waals surface area contributed by atoms with E-state index in [9.17, 15) is 0 Å². The molecule has 1 aromatic rings. The van der Waals surface area contributed by atoms with Crippen LogP contribution in [0.2, 0.25) is 0 Å². The quantitative estimate of drug-likeness (QED) is 0.744. The third-order valence-electron chi connectivity index (χ3n) is 3.70. The van der Waals surface area contributed by atoms with Crippen LogP contribution >= 0.6 is 0 Å². The molecule has 0 unspecified atom stereocenters. The number of unbranched alkanes of at least 4 members (excludes halogenated alkanes) is 1. The molecule has 0 fully saturated rings. The van der Waals surface area contributed by atoms with E-state index in [1.165, 1.54) is 44.2 Å². The second-order valence-corrected chi connectivity index (χ2v) is 5.64. The molecule has 0 saturated heterocycles. The van der Waals surface area contributed by atoms with Crippen molar-refractivity contribution in [2.45, 2.75) is 38.6 Å². The molecule has 0 radical (unpaired) electrons. The van der Waals surface area contributed by atoms with Gasteiger partial charge in [-0.25, -0.2) is 0 Å². The SMILES string of the molecule is CN(C)CCCCNCc1ccc2c(c1)CCC2. The van der Waals surface area contributed by atoms with Crippen molar-refractivity contribution in [2.24, 2.45) is 0 Å². The van der Waals surface area contributed by atoms with E-state index in [-0.39, 0.29) is 0 Å². The summed E-state index contributed by atoms with van der Waals surface area (Å²) < 4.78 is 0. The monoisotopic (exact) mass is 246 g/mol. The molecule has 0 aliphatic heterocycles. The zero-order valence-corrected chi connectivity index (χ0v) is 11.8. The van der Waals surface area contributed by atoms with Crippen LogP contribution in [-0.4, -0.2) is 32.1 Å². The van der Waals surface area contributed by atoms with E-state index in [1.807, 2.05) is 0 Å². The van der Waals surface area contributed by atoms with E-state index < -0.39 is 0 Å². The number of rotatable bonds is 7. The van der Waals surface area contributed by atoms with Crippen molar-refractivity contribution in [1.29, 1.82) is 0 Å². The third kappa shape index (κ3) is 4.11. The largest absolute Gasteiger partial charge is 0.313 e. The average molecular weight is 246 g/mol. The van der Waals surface area contributed by atoms with Gasteiger partial charge in [0.25, 0.3) is 0 Å². The molecule has 0 aromatic heterocycles. The van der Waals surface area contributed by atoms with E-state index in [2.05, 4.69) is 42.5 Å². The Labute approximate surface area is 111 Å². The molecule has 0 amide bonds. The summed E-state index contributed by atoms with van der Waals surface area (Å²) in [4.78, 5) is 2.25. The maximum atomic E-state index is 3.55. The Morgan fingerprint density at radius 3 is 2.78 bits per heavy atom. The molecular weight excluding hydrogens is 220 g/mol. The molecule has 1 N–H and O–H groups in total. The average Bonchev–Trinajstić information content (AvgIpc) is 2.80. The van der Waals surface area contributed by atoms with Gasteiger partial charge >= 0.3 is 0 Å². The van der Waals surface area contributed by atoms with E-state index >= 15 is 0 Å². The van der Waals surface area contributed by atoms with Gasteiger partial charge in [-0.3, -0.25) is 0 Å². The molecule has 0 bridgehead atoms. The lowest BCUT2D eigenvalue weighted by molar-refractivity contribution is 0.391. The van der Waals surface area contributed by atoms with Crippen molar-refractivity contribution < 1.29 is 0 Å². The van der Waals surface area contributed by atoms with Gasteiger partial charge in [-0.2, -0.15) is 0 Å². The van der Waals surface area contributed by atoms with Crippen molar-refractivity contribution >= 4 is 0 Å². The summed E-state index contributed by atoms with van der Waals surface area (Å²) in [6.45, 7) is 3.35. The zero-order chi connectivity index (χ0) is 12.8. The van der Waals surface area contributed by atoms with E-state index in [4.69, 9.17) is 0 Å². The lowest BCUT2D eigenvalue weighted by Crippen LogP contribution is -2.18. The fraction of sp³-hybridized carbons (Fsp3) is 0.625. The number of hydrogen-bond acceptors (Lipinski definition) is 2. The molecule has 18 heavy (non-hydrogen) atoms. The Balaban J connectivity index is 1.65. The smallest absolute Gasteiger partial charge is 0.0205 e. The number of hydrogen-bond donors (Lipinski definition) is 1. The van der Waals surface area contributed by atoms with Gasteiger partial charge in [-0.05, 0) is 76.0 Å². The van der Waals surface area contributed by atoms with Gasteiger partial charge in [0.05, 0.1) is 0 Å². The summed E-state index contributed by atoms with van der Waals surface area (Å²) in [5.41, 5.74) is 4.61. The first-order valence-corrected chi connectivity index (χ1v) is 7.22. The normalized spacial score (nSPS) is 14.2. The molecule has 0 atom stereocenters. The second-order valence-electron chi connectivity index (χ2n) is 5.64. The predicted molar refractivity (Wildman–Crippen MR) is 78.0 cm³/mol. The Bertz CT molecular complexity index is 371. The number of benzene rings is 1. The molecule has 0 spiro atoms. The van der Waals surface area contributed by atoms with Gasteiger partial charge in [0.1, 0.15) is 0 Å². The van der Waals surface area contributed by atoms with Gasteiger partial charge in [-0.15, -0.1) is 0 Å².